The number of hydrogen-bond donors (Lipinski definition) is 0. The predicted molar refractivity (Wildman–Crippen MR) is 80.7 cm³/mol. The number of benzene rings is 2. The lowest BCUT2D eigenvalue weighted by Crippen LogP contribution is -2.28. The van der Waals surface area contributed by atoms with Crippen molar-refractivity contribution in [3.63, 3.8) is 0 Å². The van der Waals surface area contributed by atoms with Crippen molar-refractivity contribution in [1.82, 2.24) is 4.90 Å². The monoisotopic (exact) mass is 353 g/mol. The first kappa shape index (κ1) is 15.6. The van der Waals surface area contributed by atoms with Gasteiger partial charge in [0.1, 0.15) is 0 Å². The highest BCUT2D eigenvalue weighted by Gasteiger charge is 2.15. The van der Waals surface area contributed by atoms with E-state index in [9.17, 15) is 13.6 Å². The van der Waals surface area contributed by atoms with Gasteiger partial charge in [-0.3, -0.25) is 4.79 Å². The molecular weight excluding hydrogens is 340 g/mol. The van der Waals surface area contributed by atoms with Gasteiger partial charge in [-0.05, 0) is 23.8 Å². The van der Waals surface area contributed by atoms with Crippen LogP contribution in [0, 0.1) is 11.6 Å². The summed E-state index contributed by atoms with van der Waals surface area (Å²) < 4.78 is 27.6. The van der Waals surface area contributed by atoms with Crippen LogP contribution in [-0.2, 0) is 17.8 Å². The van der Waals surface area contributed by atoms with E-state index >= 15 is 0 Å². The Hall–Kier alpha value is -1.75. The van der Waals surface area contributed by atoms with Gasteiger partial charge in [0, 0.05) is 23.6 Å². The standard InChI is InChI=1S/C16H14BrF2NO/c1-20(10-11-4-2-6-13(17)8-11)15(21)9-12-5-3-7-14(18)16(12)19/h2-8H,9-10H2,1H3. The maximum Gasteiger partial charge on any atom is 0.227 e. The Labute approximate surface area is 130 Å². The van der Waals surface area contributed by atoms with E-state index in [1.54, 1.807) is 7.05 Å². The van der Waals surface area contributed by atoms with Gasteiger partial charge in [0.05, 0.1) is 6.42 Å². The zero-order chi connectivity index (χ0) is 15.4. The Bertz CT molecular complexity index is 660. The molecular formula is C16H14BrF2NO. The zero-order valence-corrected chi connectivity index (χ0v) is 13.0. The van der Waals surface area contributed by atoms with Gasteiger partial charge in [0.25, 0.3) is 0 Å². The summed E-state index contributed by atoms with van der Waals surface area (Å²) in [5.74, 6) is -2.16. The number of hydrogen-bond acceptors (Lipinski definition) is 1. The van der Waals surface area contributed by atoms with E-state index < -0.39 is 11.6 Å². The van der Waals surface area contributed by atoms with Gasteiger partial charge >= 0.3 is 0 Å². The van der Waals surface area contributed by atoms with Crippen LogP contribution in [0.15, 0.2) is 46.9 Å². The molecule has 2 nitrogen and oxygen atoms in total. The Kier molecular flexibility index (Phi) is 5.07. The lowest BCUT2D eigenvalue weighted by molar-refractivity contribution is -0.129. The summed E-state index contributed by atoms with van der Waals surface area (Å²) in [7, 11) is 1.64. The summed E-state index contributed by atoms with van der Waals surface area (Å²) >= 11 is 3.37. The minimum absolute atomic E-state index is 0.0705. The lowest BCUT2D eigenvalue weighted by atomic mass is 10.1. The molecule has 0 fully saturated rings. The number of carbonyl (C=O) groups excluding carboxylic acids is 1. The SMILES string of the molecule is CN(Cc1cccc(Br)c1)C(=O)Cc1cccc(F)c1F. The third kappa shape index (κ3) is 4.11. The lowest BCUT2D eigenvalue weighted by Gasteiger charge is -2.17. The molecule has 2 aromatic rings. The molecule has 1 amide bonds. The normalized spacial score (nSPS) is 10.5. The molecule has 2 rings (SSSR count). The molecule has 0 heterocycles. The summed E-state index contributed by atoms with van der Waals surface area (Å²) in [6, 6.07) is 11.4. The smallest absolute Gasteiger partial charge is 0.227 e. The first-order valence-electron chi connectivity index (χ1n) is 6.38. The molecule has 0 unspecified atom stereocenters. The van der Waals surface area contributed by atoms with E-state index in [-0.39, 0.29) is 17.9 Å². The van der Waals surface area contributed by atoms with Gasteiger partial charge in [-0.15, -0.1) is 0 Å². The van der Waals surface area contributed by atoms with Gasteiger partial charge < -0.3 is 4.90 Å². The van der Waals surface area contributed by atoms with Crippen molar-refractivity contribution in [3.05, 3.63) is 69.7 Å². The van der Waals surface area contributed by atoms with Crippen molar-refractivity contribution in [2.24, 2.45) is 0 Å². The summed E-state index contributed by atoms with van der Waals surface area (Å²) in [4.78, 5) is 13.6. The fourth-order valence-electron chi connectivity index (χ4n) is 1.98. The maximum atomic E-state index is 13.6. The zero-order valence-electron chi connectivity index (χ0n) is 11.4. The summed E-state index contributed by atoms with van der Waals surface area (Å²) in [5.41, 5.74) is 1.03. The van der Waals surface area contributed by atoms with Crippen molar-refractivity contribution >= 4 is 21.8 Å². The predicted octanol–water partition coefficient (Wildman–Crippen LogP) is 3.93. The van der Waals surface area contributed by atoms with Crippen molar-refractivity contribution < 1.29 is 13.6 Å². The molecule has 0 spiro atoms. The molecule has 110 valence electrons. The maximum absolute atomic E-state index is 13.6. The Morgan fingerprint density at radius 1 is 1.19 bits per heavy atom. The van der Waals surface area contributed by atoms with Crippen LogP contribution < -0.4 is 0 Å². The van der Waals surface area contributed by atoms with Crippen molar-refractivity contribution in [3.8, 4) is 0 Å². The van der Waals surface area contributed by atoms with Gasteiger partial charge in [0.15, 0.2) is 11.6 Å². The first-order chi connectivity index (χ1) is 9.97. The molecule has 0 bridgehead atoms. The third-order valence-electron chi connectivity index (χ3n) is 3.11. The Morgan fingerprint density at radius 3 is 2.62 bits per heavy atom. The number of likely N-dealkylation sites (N-methyl/N-ethyl adjacent to an activating group) is 1. The van der Waals surface area contributed by atoms with Crippen molar-refractivity contribution in [2.75, 3.05) is 7.05 Å². The molecule has 0 aliphatic carbocycles. The second-order valence-electron chi connectivity index (χ2n) is 4.77. The summed E-state index contributed by atoms with van der Waals surface area (Å²) in [6.45, 7) is 0.412. The third-order valence-corrected chi connectivity index (χ3v) is 3.60. The van der Waals surface area contributed by atoms with Crippen LogP contribution in [0.1, 0.15) is 11.1 Å². The number of nitrogens with zero attached hydrogens (tertiary/aromatic N) is 1. The largest absolute Gasteiger partial charge is 0.341 e. The number of halogens is 3. The van der Waals surface area contributed by atoms with E-state index in [1.165, 1.54) is 17.0 Å². The summed E-state index contributed by atoms with van der Waals surface area (Å²) in [5, 5.41) is 0. The molecule has 5 heteroatoms. The van der Waals surface area contributed by atoms with Crippen LogP contribution in [-0.4, -0.2) is 17.9 Å². The van der Waals surface area contributed by atoms with E-state index in [4.69, 9.17) is 0 Å². The number of carbonyl (C=O) groups is 1. The molecule has 0 saturated heterocycles. The Balaban J connectivity index is 2.04. The molecule has 0 aliphatic heterocycles. The Morgan fingerprint density at radius 2 is 1.90 bits per heavy atom. The van der Waals surface area contributed by atoms with E-state index in [2.05, 4.69) is 15.9 Å². The molecule has 0 aromatic heterocycles. The minimum Gasteiger partial charge on any atom is -0.341 e. The van der Waals surface area contributed by atoms with Crippen molar-refractivity contribution in [1.29, 1.82) is 0 Å². The number of amides is 1. The van der Waals surface area contributed by atoms with E-state index in [1.807, 2.05) is 24.3 Å². The van der Waals surface area contributed by atoms with Crippen LogP contribution >= 0.6 is 15.9 Å². The molecule has 0 saturated carbocycles. The van der Waals surface area contributed by atoms with E-state index in [0.29, 0.717) is 6.54 Å². The fourth-order valence-corrected chi connectivity index (χ4v) is 2.43. The van der Waals surface area contributed by atoms with Gasteiger partial charge in [0.2, 0.25) is 5.91 Å². The molecule has 0 atom stereocenters. The van der Waals surface area contributed by atoms with Crippen LogP contribution in [0.3, 0.4) is 0 Å². The average molecular weight is 354 g/mol. The average Bonchev–Trinajstić information content (AvgIpc) is 2.44. The van der Waals surface area contributed by atoms with Gasteiger partial charge in [-0.2, -0.15) is 0 Å². The molecule has 2 aromatic carbocycles. The highest BCUT2D eigenvalue weighted by atomic mass is 79.9. The first-order valence-corrected chi connectivity index (χ1v) is 7.18. The highest BCUT2D eigenvalue weighted by Crippen LogP contribution is 2.15. The van der Waals surface area contributed by atoms with Crippen LogP contribution in [0.2, 0.25) is 0 Å². The van der Waals surface area contributed by atoms with Gasteiger partial charge in [-0.1, -0.05) is 40.2 Å². The molecule has 0 N–H and O–H groups in total. The number of rotatable bonds is 4. The quantitative estimate of drug-likeness (QED) is 0.815. The van der Waals surface area contributed by atoms with Crippen LogP contribution in [0.5, 0.6) is 0 Å². The second kappa shape index (κ2) is 6.80. The van der Waals surface area contributed by atoms with Crippen molar-refractivity contribution in [2.45, 2.75) is 13.0 Å². The second-order valence-corrected chi connectivity index (χ2v) is 5.69. The molecule has 21 heavy (non-hydrogen) atoms. The van der Waals surface area contributed by atoms with Gasteiger partial charge in [-0.25, -0.2) is 8.78 Å². The summed E-state index contributed by atoms with van der Waals surface area (Å²) in [6.07, 6.45) is -0.159. The topological polar surface area (TPSA) is 20.3 Å². The molecule has 0 radical (unpaired) electrons. The highest BCUT2D eigenvalue weighted by molar-refractivity contribution is 9.10. The fraction of sp³-hybridized carbons (Fsp3) is 0.188. The van der Waals surface area contributed by atoms with Crippen LogP contribution in [0.4, 0.5) is 8.78 Å². The van der Waals surface area contributed by atoms with E-state index in [0.717, 1.165) is 16.1 Å². The van der Waals surface area contributed by atoms with Crippen LogP contribution in [0.25, 0.3) is 0 Å². The molecule has 0 aliphatic rings. The minimum atomic E-state index is -0.957.